The van der Waals surface area contributed by atoms with Crippen LogP contribution in [0.15, 0.2) is 24.3 Å². The van der Waals surface area contributed by atoms with Crippen molar-refractivity contribution in [2.24, 2.45) is 0 Å². The molecular formula is C13H21FN2. The fourth-order valence-corrected chi connectivity index (χ4v) is 1.61. The molecule has 0 radical (unpaired) electrons. The van der Waals surface area contributed by atoms with Gasteiger partial charge in [-0.15, -0.1) is 0 Å². The number of likely N-dealkylation sites (N-methyl/N-ethyl adjacent to an activating group) is 1. The summed E-state index contributed by atoms with van der Waals surface area (Å²) in [5.41, 5.74) is 1.13. The predicted molar refractivity (Wildman–Crippen MR) is 65.9 cm³/mol. The van der Waals surface area contributed by atoms with Crippen molar-refractivity contribution >= 4 is 0 Å². The monoisotopic (exact) mass is 224 g/mol. The molecule has 0 saturated carbocycles. The molecule has 0 aliphatic heterocycles. The van der Waals surface area contributed by atoms with Gasteiger partial charge < -0.3 is 10.2 Å². The Morgan fingerprint density at radius 1 is 1.12 bits per heavy atom. The first-order valence-corrected chi connectivity index (χ1v) is 5.93. The maximum Gasteiger partial charge on any atom is 0.123 e. The minimum Gasteiger partial charge on any atom is -0.311 e. The molecule has 0 amide bonds. The quantitative estimate of drug-likeness (QED) is 0.715. The lowest BCUT2D eigenvalue weighted by Gasteiger charge is -2.17. The van der Waals surface area contributed by atoms with Crippen LogP contribution in [-0.4, -0.2) is 31.1 Å². The molecule has 0 spiro atoms. The molecule has 1 aromatic rings. The van der Waals surface area contributed by atoms with Crippen LogP contribution in [0.2, 0.25) is 0 Å². The first-order valence-electron chi connectivity index (χ1n) is 5.93. The van der Waals surface area contributed by atoms with Crippen molar-refractivity contribution in [2.75, 3.05) is 26.2 Å². The molecule has 0 atom stereocenters. The van der Waals surface area contributed by atoms with Crippen molar-refractivity contribution in [3.63, 3.8) is 0 Å². The zero-order valence-electron chi connectivity index (χ0n) is 10.2. The summed E-state index contributed by atoms with van der Waals surface area (Å²) in [7, 11) is 0. The Hall–Kier alpha value is -0.930. The van der Waals surface area contributed by atoms with Crippen LogP contribution in [0.4, 0.5) is 4.39 Å². The van der Waals surface area contributed by atoms with E-state index in [0.717, 1.165) is 38.3 Å². The van der Waals surface area contributed by atoms with Gasteiger partial charge in [0, 0.05) is 19.6 Å². The Labute approximate surface area is 97.5 Å². The van der Waals surface area contributed by atoms with Gasteiger partial charge in [-0.3, -0.25) is 0 Å². The van der Waals surface area contributed by atoms with Crippen molar-refractivity contribution in [1.82, 2.24) is 10.2 Å². The van der Waals surface area contributed by atoms with E-state index in [-0.39, 0.29) is 5.82 Å². The number of rotatable bonds is 7. The standard InChI is InChI=1S/C13H21FN2/c1-3-16(4-2)10-9-15-11-12-5-7-13(14)8-6-12/h5-8,15H,3-4,9-11H2,1-2H3. The van der Waals surface area contributed by atoms with E-state index in [1.165, 1.54) is 12.1 Å². The smallest absolute Gasteiger partial charge is 0.123 e. The van der Waals surface area contributed by atoms with E-state index in [2.05, 4.69) is 24.1 Å². The van der Waals surface area contributed by atoms with Gasteiger partial charge in [0.05, 0.1) is 0 Å². The Balaban J connectivity index is 2.18. The highest BCUT2D eigenvalue weighted by Crippen LogP contribution is 2.01. The third-order valence-corrected chi connectivity index (χ3v) is 2.74. The first-order chi connectivity index (χ1) is 7.76. The van der Waals surface area contributed by atoms with Gasteiger partial charge in [-0.05, 0) is 30.8 Å². The van der Waals surface area contributed by atoms with Crippen LogP contribution in [0, 0.1) is 5.82 Å². The third-order valence-electron chi connectivity index (χ3n) is 2.74. The summed E-state index contributed by atoms with van der Waals surface area (Å²) in [6.07, 6.45) is 0. The minimum absolute atomic E-state index is 0.174. The summed E-state index contributed by atoms with van der Waals surface area (Å²) in [5, 5.41) is 3.36. The largest absolute Gasteiger partial charge is 0.311 e. The lowest BCUT2D eigenvalue weighted by Crippen LogP contribution is -2.31. The van der Waals surface area contributed by atoms with Crippen molar-refractivity contribution in [3.05, 3.63) is 35.6 Å². The van der Waals surface area contributed by atoms with Crippen LogP contribution < -0.4 is 5.32 Å². The zero-order valence-corrected chi connectivity index (χ0v) is 10.2. The molecule has 0 aliphatic rings. The van der Waals surface area contributed by atoms with Crippen LogP contribution in [-0.2, 0) is 6.54 Å². The molecule has 90 valence electrons. The van der Waals surface area contributed by atoms with E-state index in [9.17, 15) is 4.39 Å². The number of hydrogen-bond donors (Lipinski definition) is 1. The molecule has 0 saturated heterocycles. The molecule has 0 heterocycles. The van der Waals surface area contributed by atoms with Gasteiger partial charge in [-0.25, -0.2) is 4.39 Å². The number of halogens is 1. The molecular weight excluding hydrogens is 203 g/mol. The summed E-state index contributed by atoms with van der Waals surface area (Å²) in [4.78, 5) is 2.37. The van der Waals surface area contributed by atoms with Gasteiger partial charge >= 0.3 is 0 Å². The molecule has 1 aromatic carbocycles. The van der Waals surface area contributed by atoms with Crippen molar-refractivity contribution in [1.29, 1.82) is 0 Å². The molecule has 0 aromatic heterocycles. The van der Waals surface area contributed by atoms with E-state index in [0.29, 0.717) is 0 Å². The van der Waals surface area contributed by atoms with Crippen molar-refractivity contribution in [2.45, 2.75) is 20.4 Å². The first kappa shape index (κ1) is 13.1. The maximum absolute atomic E-state index is 12.6. The molecule has 2 nitrogen and oxygen atoms in total. The van der Waals surface area contributed by atoms with Gasteiger partial charge in [-0.1, -0.05) is 26.0 Å². The number of nitrogens with zero attached hydrogens (tertiary/aromatic N) is 1. The van der Waals surface area contributed by atoms with Gasteiger partial charge in [0.15, 0.2) is 0 Å². The Morgan fingerprint density at radius 2 is 1.75 bits per heavy atom. The Kier molecular flexibility index (Phi) is 6.04. The fourth-order valence-electron chi connectivity index (χ4n) is 1.61. The maximum atomic E-state index is 12.6. The molecule has 16 heavy (non-hydrogen) atoms. The Morgan fingerprint density at radius 3 is 2.31 bits per heavy atom. The van der Waals surface area contributed by atoms with E-state index in [4.69, 9.17) is 0 Å². The third kappa shape index (κ3) is 4.73. The van der Waals surface area contributed by atoms with Crippen LogP contribution in [0.5, 0.6) is 0 Å². The highest BCUT2D eigenvalue weighted by Gasteiger charge is 1.98. The molecule has 0 unspecified atom stereocenters. The van der Waals surface area contributed by atoms with Crippen molar-refractivity contribution in [3.8, 4) is 0 Å². The number of nitrogens with one attached hydrogen (secondary N) is 1. The predicted octanol–water partition coefficient (Wildman–Crippen LogP) is 2.26. The van der Waals surface area contributed by atoms with Gasteiger partial charge in [-0.2, -0.15) is 0 Å². The molecule has 1 rings (SSSR count). The summed E-state index contributed by atoms with van der Waals surface area (Å²) < 4.78 is 12.6. The second-order valence-electron chi connectivity index (χ2n) is 3.83. The second kappa shape index (κ2) is 7.36. The summed E-state index contributed by atoms with van der Waals surface area (Å²) in [6.45, 7) is 9.37. The van der Waals surface area contributed by atoms with E-state index >= 15 is 0 Å². The average molecular weight is 224 g/mol. The SMILES string of the molecule is CCN(CC)CCNCc1ccc(F)cc1. The van der Waals surface area contributed by atoms with E-state index in [1.807, 2.05) is 12.1 Å². The van der Waals surface area contributed by atoms with Gasteiger partial charge in [0.2, 0.25) is 0 Å². The molecule has 0 bridgehead atoms. The minimum atomic E-state index is -0.174. The number of benzene rings is 1. The van der Waals surface area contributed by atoms with Crippen LogP contribution in [0.3, 0.4) is 0 Å². The van der Waals surface area contributed by atoms with Gasteiger partial charge in [0.25, 0.3) is 0 Å². The van der Waals surface area contributed by atoms with Crippen molar-refractivity contribution < 1.29 is 4.39 Å². The van der Waals surface area contributed by atoms with Gasteiger partial charge in [0.1, 0.15) is 5.82 Å². The van der Waals surface area contributed by atoms with Crippen LogP contribution in [0.1, 0.15) is 19.4 Å². The normalized spacial score (nSPS) is 11.0. The van der Waals surface area contributed by atoms with Crippen LogP contribution in [0.25, 0.3) is 0 Å². The summed E-state index contributed by atoms with van der Waals surface area (Å²) in [6, 6.07) is 6.64. The fraction of sp³-hybridized carbons (Fsp3) is 0.538. The number of hydrogen-bond acceptors (Lipinski definition) is 2. The lowest BCUT2D eigenvalue weighted by molar-refractivity contribution is 0.302. The molecule has 0 fully saturated rings. The topological polar surface area (TPSA) is 15.3 Å². The van der Waals surface area contributed by atoms with E-state index < -0.39 is 0 Å². The highest BCUT2D eigenvalue weighted by molar-refractivity contribution is 5.15. The average Bonchev–Trinajstić information content (AvgIpc) is 2.32. The molecule has 0 aliphatic carbocycles. The zero-order chi connectivity index (χ0) is 11.8. The molecule has 1 N–H and O–H groups in total. The molecule has 3 heteroatoms. The summed E-state index contributed by atoms with van der Waals surface area (Å²) >= 11 is 0. The van der Waals surface area contributed by atoms with E-state index in [1.54, 1.807) is 0 Å². The Bertz CT molecular complexity index is 280. The highest BCUT2D eigenvalue weighted by atomic mass is 19.1. The lowest BCUT2D eigenvalue weighted by atomic mass is 10.2. The summed E-state index contributed by atoms with van der Waals surface area (Å²) in [5.74, 6) is -0.174. The second-order valence-corrected chi connectivity index (χ2v) is 3.83. The van der Waals surface area contributed by atoms with Crippen LogP contribution >= 0.6 is 0 Å².